The molecule has 2 aromatic rings. The van der Waals surface area contributed by atoms with E-state index in [9.17, 15) is 14.4 Å². The van der Waals surface area contributed by atoms with Gasteiger partial charge < -0.3 is 19.0 Å². The maximum atomic E-state index is 12.8. The molecule has 1 aromatic heterocycles. The van der Waals surface area contributed by atoms with Crippen molar-refractivity contribution in [2.75, 3.05) is 25.6 Å². The van der Waals surface area contributed by atoms with E-state index in [2.05, 4.69) is 0 Å². The second kappa shape index (κ2) is 7.88. The fourth-order valence-electron chi connectivity index (χ4n) is 3.44. The van der Waals surface area contributed by atoms with Crippen LogP contribution in [0.15, 0.2) is 28.7 Å². The standard InChI is InChI=1S/C21H24N2O5/c1-5-19(24)23-9-8-14-10-15(6-7-18(14)23)20(25)22(3)12-16-11-17(13(2)28-16)21(26)27-4/h6-7,10-11H,5,8-9,12H2,1-4H3. The Kier molecular flexibility index (Phi) is 5.53. The molecule has 1 aromatic carbocycles. The van der Waals surface area contributed by atoms with Gasteiger partial charge >= 0.3 is 5.97 Å². The normalized spacial score (nSPS) is 12.6. The van der Waals surface area contributed by atoms with Crippen LogP contribution < -0.4 is 4.90 Å². The number of methoxy groups -OCH3 is 1. The Hall–Kier alpha value is -3.09. The van der Waals surface area contributed by atoms with Crippen LogP contribution in [0.25, 0.3) is 0 Å². The highest BCUT2D eigenvalue weighted by Crippen LogP contribution is 2.30. The molecule has 7 heteroatoms. The summed E-state index contributed by atoms with van der Waals surface area (Å²) in [6.45, 7) is 4.40. The SMILES string of the molecule is CCC(=O)N1CCc2cc(C(=O)N(C)Cc3cc(C(=O)OC)c(C)o3)ccc21. The number of anilines is 1. The Balaban J connectivity index is 1.74. The van der Waals surface area contributed by atoms with Gasteiger partial charge in [-0.05, 0) is 43.2 Å². The quantitative estimate of drug-likeness (QED) is 0.741. The number of benzene rings is 1. The molecule has 1 aliphatic rings. The Labute approximate surface area is 163 Å². The van der Waals surface area contributed by atoms with Crippen molar-refractivity contribution in [3.05, 3.63) is 52.5 Å². The first-order valence-corrected chi connectivity index (χ1v) is 9.22. The highest BCUT2D eigenvalue weighted by Gasteiger charge is 2.25. The van der Waals surface area contributed by atoms with Gasteiger partial charge in [0.15, 0.2) is 0 Å². The van der Waals surface area contributed by atoms with E-state index in [4.69, 9.17) is 9.15 Å². The van der Waals surface area contributed by atoms with Crippen molar-refractivity contribution >= 4 is 23.5 Å². The zero-order chi connectivity index (χ0) is 20.4. The predicted molar refractivity (Wildman–Crippen MR) is 103 cm³/mol. The fraction of sp³-hybridized carbons (Fsp3) is 0.381. The maximum absolute atomic E-state index is 12.8. The van der Waals surface area contributed by atoms with Crippen molar-refractivity contribution in [2.45, 2.75) is 33.2 Å². The molecule has 0 atom stereocenters. The Morgan fingerprint density at radius 1 is 1.25 bits per heavy atom. The van der Waals surface area contributed by atoms with E-state index < -0.39 is 5.97 Å². The number of ether oxygens (including phenoxy) is 1. The lowest BCUT2D eigenvalue weighted by Crippen LogP contribution is -2.28. The molecule has 2 amide bonds. The van der Waals surface area contributed by atoms with Crippen LogP contribution in [0, 0.1) is 6.92 Å². The van der Waals surface area contributed by atoms with Gasteiger partial charge in [-0.25, -0.2) is 4.79 Å². The number of amides is 2. The first kappa shape index (κ1) is 19.7. The molecule has 0 saturated carbocycles. The number of rotatable bonds is 5. The van der Waals surface area contributed by atoms with Gasteiger partial charge in [-0.1, -0.05) is 6.92 Å². The maximum Gasteiger partial charge on any atom is 0.341 e. The second-order valence-corrected chi connectivity index (χ2v) is 6.83. The molecule has 0 aliphatic carbocycles. The minimum absolute atomic E-state index is 0.0875. The van der Waals surface area contributed by atoms with Crippen LogP contribution in [-0.2, 0) is 22.5 Å². The van der Waals surface area contributed by atoms with Crippen LogP contribution in [-0.4, -0.2) is 43.4 Å². The van der Waals surface area contributed by atoms with Crippen LogP contribution in [0.1, 0.15) is 51.1 Å². The number of furan rings is 1. The number of hydrogen-bond acceptors (Lipinski definition) is 5. The van der Waals surface area contributed by atoms with Gasteiger partial charge in [-0.15, -0.1) is 0 Å². The van der Waals surface area contributed by atoms with Gasteiger partial charge in [0.1, 0.15) is 17.1 Å². The topological polar surface area (TPSA) is 80.1 Å². The van der Waals surface area contributed by atoms with Crippen molar-refractivity contribution in [3.63, 3.8) is 0 Å². The van der Waals surface area contributed by atoms with E-state index in [1.54, 1.807) is 31.0 Å². The molecule has 148 valence electrons. The lowest BCUT2D eigenvalue weighted by atomic mass is 10.1. The molecule has 1 aliphatic heterocycles. The zero-order valence-electron chi connectivity index (χ0n) is 16.6. The minimum atomic E-state index is -0.466. The number of esters is 1. The molecular formula is C21H24N2O5. The molecular weight excluding hydrogens is 360 g/mol. The van der Waals surface area contributed by atoms with Gasteiger partial charge in [-0.3, -0.25) is 9.59 Å². The predicted octanol–water partition coefficient (Wildman–Crippen LogP) is 2.95. The van der Waals surface area contributed by atoms with E-state index in [0.717, 1.165) is 17.7 Å². The van der Waals surface area contributed by atoms with Crippen LogP contribution >= 0.6 is 0 Å². The molecule has 3 rings (SSSR count). The number of hydrogen-bond donors (Lipinski definition) is 0. The summed E-state index contributed by atoms with van der Waals surface area (Å²) in [6.07, 6.45) is 1.20. The molecule has 7 nitrogen and oxygen atoms in total. The summed E-state index contributed by atoms with van der Waals surface area (Å²) in [5.41, 5.74) is 2.80. The highest BCUT2D eigenvalue weighted by molar-refractivity contribution is 5.98. The largest absolute Gasteiger partial charge is 0.465 e. The van der Waals surface area contributed by atoms with Crippen molar-refractivity contribution in [1.82, 2.24) is 4.90 Å². The third-order valence-corrected chi connectivity index (χ3v) is 4.94. The third kappa shape index (κ3) is 3.65. The summed E-state index contributed by atoms with van der Waals surface area (Å²) < 4.78 is 10.3. The van der Waals surface area contributed by atoms with Gasteiger partial charge in [0.05, 0.1) is 13.7 Å². The van der Waals surface area contributed by atoms with Crippen molar-refractivity contribution < 1.29 is 23.5 Å². The Morgan fingerprint density at radius 3 is 2.68 bits per heavy atom. The van der Waals surface area contributed by atoms with Crippen LogP contribution in [0.5, 0.6) is 0 Å². The van der Waals surface area contributed by atoms with Crippen LogP contribution in [0.2, 0.25) is 0 Å². The number of fused-ring (bicyclic) bond motifs is 1. The minimum Gasteiger partial charge on any atom is -0.465 e. The van der Waals surface area contributed by atoms with Crippen molar-refractivity contribution in [2.24, 2.45) is 0 Å². The molecule has 28 heavy (non-hydrogen) atoms. The summed E-state index contributed by atoms with van der Waals surface area (Å²) in [5, 5.41) is 0. The smallest absolute Gasteiger partial charge is 0.341 e. The lowest BCUT2D eigenvalue weighted by molar-refractivity contribution is -0.118. The van der Waals surface area contributed by atoms with E-state index >= 15 is 0 Å². The summed E-state index contributed by atoms with van der Waals surface area (Å²) in [6, 6.07) is 7.03. The first-order valence-electron chi connectivity index (χ1n) is 9.22. The van der Waals surface area contributed by atoms with Crippen molar-refractivity contribution in [1.29, 1.82) is 0 Å². The van der Waals surface area contributed by atoms with Crippen molar-refractivity contribution in [3.8, 4) is 0 Å². The molecule has 0 N–H and O–H groups in total. The summed E-state index contributed by atoms with van der Waals surface area (Å²) in [5.74, 6) is 0.433. The van der Waals surface area contributed by atoms with E-state index in [1.165, 1.54) is 12.0 Å². The third-order valence-electron chi connectivity index (χ3n) is 4.94. The first-order chi connectivity index (χ1) is 13.3. The average Bonchev–Trinajstić information content (AvgIpc) is 3.28. The molecule has 0 fully saturated rings. The van der Waals surface area contributed by atoms with E-state index in [1.807, 2.05) is 19.1 Å². The monoisotopic (exact) mass is 384 g/mol. The van der Waals surface area contributed by atoms with Gasteiger partial charge in [0.25, 0.3) is 5.91 Å². The summed E-state index contributed by atoms with van der Waals surface area (Å²) in [4.78, 5) is 39.8. The summed E-state index contributed by atoms with van der Waals surface area (Å²) >= 11 is 0. The number of nitrogens with zero attached hydrogens (tertiary/aromatic N) is 2. The van der Waals surface area contributed by atoms with E-state index in [-0.39, 0.29) is 18.4 Å². The summed E-state index contributed by atoms with van der Waals surface area (Å²) in [7, 11) is 2.99. The molecule has 0 bridgehead atoms. The highest BCUT2D eigenvalue weighted by atomic mass is 16.5. The zero-order valence-corrected chi connectivity index (χ0v) is 16.6. The van der Waals surface area contributed by atoms with Crippen LogP contribution in [0.3, 0.4) is 0 Å². The van der Waals surface area contributed by atoms with Gasteiger partial charge in [-0.2, -0.15) is 0 Å². The number of carbonyl (C=O) groups excluding carboxylic acids is 3. The van der Waals surface area contributed by atoms with Gasteiger partial charge in [0.2, 0.25) is 5.91 Å². The molecule has 0 spiro atoms. The number of carbonyl (C=O) groups is 3. The molecule has 0 radical (unpaired) electrons. The molecule has 0 saturated heterocycles. The lowest BCUT2D eigenvalue weighted by Gasteiger charge is -2.18. The second-order valence-electron chi connectivity index (χ2n) is 6.83. The average molecular weight is 384 g/mol. The van der Waals surface area contributed by atoms with Gasteiger partial charge in [0, 0.05) is 31.3 Å². The Bertz CT molecular complexity index is 931. The molecule has 0 unspecified atom stereocenters. The molecule has 2 heterocycles. The van der Waals surface area contributed by atoms with Crippen LogP contribution in [0.4, 0.5) is 5.69 Å². The Morgan fingerprint density at radius 2 is 2.00 bits per heavy atom. The fourth-order valence-corrected chi connectivity index (χ4v) is 3.44. The van der Waals surface area contributed by atoms with E-state index in [0.29, 0.717) is 35.6 Å². The number of aryl methyl sites for hydroxylation is 1.